The van der Waals surface area contributed by atoms with Gasteiger partial charge in [0.05, 0.1) is 18.9 Å². The molecule has 0 spiro atoms. The molecule has 6 heteroatoms. The predicted octanol–water partition coefficient (Wildman–Crippen LogP) is 5.63. The van der Waals surface area contributed by atoms with E-state index in [0.717, 1.165) is 48.5 Å². The molecule has 0 saturated carbocycles. The van der Waals surface area contributed by atoms with Gasteiger partial charge in [-0.05, 0) is 54.7 Å². The molecule has 2 aromatic heterocycles. The monoisotopic (exact) mass is 467 g/mol. The van der Waals surface area contributed by atoms with Crippen molar-refractivity contribution in [2.75, 3.05) is 13.7 Å². The lowest BCUT2D eigenvalue weighted by atomic mass is 10.0. The fourth-order valence-electron chi connectivity index (χ4n) is 4.60. The number of carbonyl (C=O) groups excluding carboxylic acids is 1. The van der Waals surface area contributed by atoms with Gasteiger partial charge >= 0.3 is 0 Å². The maximum atomic E-state index is 13.4. The van der Waals surface area contributed by atoms with E-state index in [1.54, 1.807) is 19.5 Å². The number of amides is 1. The standard InChI is InChI=1S/C29H29N3O3/c1-34-25-11-7-10-22(17-25)18-26-20-31-28(35-26)27-12-5-6-15-32(27)29(33)23-13-14-24(30-19-23)16-21-8-3-2-4-9-21/h2-4,7-11,13-14,17,19-20,27H,5-6,12,15-16,18H2,1H3/t27-/m1/s1. The van der Waals surface area contributed by atoms with Gasteiger partial charge in [-0.3, -0.25) is 9.78 Å². The number of methoxy groups -OCH3 is 1. The highest BCUT2D eigenvalue weighted by Crippen LogP contribution is 2.32. The molecule has 1 fully saturated rings. The number of likely N-dealkylation sites (tertiary alicyclic amines) is 1. The fourth-order valence-corrected chi connectivity index (χ4v) is 4.60. The molecule has 178 valence electrons. The van der Waals surface area contributed by atoms with Gasteiger partial charge in [-0.15, -0.1) is 0 Å². The Morgan fingerprint density at radius 2 is 1.83 bits per heavy atom. The largest absolute Gasteiger partial charge is 0.497 e. The van der Waals surface area contributed by atoms with E-state index < -0.39 is 0 Å². The lowest BCUT2D eigenvalue weighted by molar-refractivity contribution is 0.0569. The summed E-state index contributed by atoms with van der Waals surface area (Å²) in [7, 11) is 1.66. The lowest BCUT2D eigenvalue weighted by Crippen LogP contribution is -2.38. The number of rotatable bonds is 7. The first-order valence-electron chi connectivity index (χ1n) is 12.1. The quantitative estimate of drug-likeness (QED) is 0.352. The van der Waals surface area contributed by atoms with Gasteiger partial charge in [-0.25, -0.2) is 4.98 Å². The zero-order valence-corrected chi connectivity index (χ0v) is 19.9. The highest BCUT2D eigenvalue weighted by molar-refractivity contribution is 5.94. The minimum absolute atomic E-state index is 0.0268. The van der Waals surface area contributed by atoms with E-state index in [1.165, 1.54) is 5.56 Å². The average molecular weight is 468 g/mol. The summed E-state index contributed by atoms with van der Waals surface area (Å²) in [5.74, 6) is 2.17. The van der Waals surface area contributed by atoms with Crippen molar-refractivity contribution in [3.05, 3.63) is 113 Å². The van der Waals surface area contributed by atoms with Gasteiger partial charge in [0.25, 0.3) is 5.91 Å². The third kappa shape index (κ3) is 5.43. The molecule has 0 aliphatic carbocycles. The van der Waals surface area contributed by atoms with Crippen LogP contribution in [-0.4, -0.2) is 34.4 Å². The number of piperidine rings is 1. The number of aromatic nitrogens is 2. The van der Waals surface area contributed by atoms with Crippen molar-refractivity contribution in [3.63, 3.8) is 0 Å². The second-order valence-corrected chi connectivity index (χ2v) is 8.90. The fraction of sp³-hybridized carbons (Fsp3) is 0.276. The molecule has 3 heterocycles. The number of hydrogen-bond donors (Lipinski definition) is 0. The molecule has 6 nitrogen and oxygen atoms in total. The smallest absolute Gasteiger partial charge is 0.256 e. The maximum absolute atomic E-state index is 13.4. The maximum Gasteiger partial charge on any atom is 0.256 e. The van der Waals surface area contributed by atoms with Gasteiger partial charge in [0, 0.05) is 31.3 Å². The molecular weight excluding hydrogens is 438 g/mol. The highest BCUT2D eigenvalue weighted by Gasteiger charge is 2.32. The SMILES string of the molecule is COc1cccc(Cc2cnc([C@H]3CCCCN3C(=O)c3ccc(Cc4ccccc4)nc3)o2)c1. The second-order valence-electron chi connectivity index (χ2n) is 8.90. The minimum Gasteiger partial charge on any atom is -0.497 e. The molecule has 1 aliphatic rings. The molecule has 5 rings (SSSR count). The average Bonchev–Trinajstić information content (AvgIpc) is 3.37. The minimum atomic E-state index is -0.167. The van der Waals surface area contributed by atoms with Crippen molar-refractivity contribution < 1.29 is 13.9 Å². The molecule has 35 heavy (non-hydrogen) atoms. The number of benzene rings is 2. The Labute approximate surface area is 205 Å². The normalized spacial score (nSPS) is 15.7. The number of carbonyl (C=O) groups is 1. The molecule has 2 aromatic carbocycles. The summed E-state index contributed by atoms with van der Waals surface area (Å²) >= 11 is 0. The van der Waals surface area contributed by atoms with Gasteiger partial charge in [0.2, 0.25) is 5.89 Å². The number of ether oxygens (including phenoxy) is 1. The predicted molar refractivity (Wildman–Crippen MR) is 133 cm³/mol. The molecule has 0 radical (unpaired) electrons. The third-order valence-electron chi connectivity index (χ3n) is 6.43. The van der Waals surface area contributed by atoms with Crippen LogP contribution in [0.2, 0.25) is 0 Å². The van der Waals surface area contributed by atoms with Crippen LogP contribution < -0.4 is 4.74 Å². The van der Waals surface area contributed by atoms with Crippen LogP contribution in [0, 0.1) is 0 Å². The summed E-state index contributed by atoms with van der Waals surface area (Å²) in [6.45, 7) is 0.683. The zero-order valence-electron chi connectivity index (χ0n) is 19.9. The Hall–Kier alpha value is -3.93. The van der Waals surface area contributed by atoms with Crippen molar-refractivity contribution in [3.8, 4) is 5.75 Å². The summed E-state index contributed by atoms with van der Waals surface area (Å²) in [4.78, 5) is 24.4. The topological polar surface area (TPSA) is 68.5 Å². The molecule has 0 bridgehead atoms. The third-order valence-corrected chi connectivity index (χ3v) is 6.43. The van der Waals surface area contributed by atoms with E-state index >= 15 is 0 Å². The van der Waals surface area contributed by atoms with E-state index in [4.69, 9.17) is 9.15 Å². The molecule has 0 unspecified atom stereocenters. The van der Waals surface area contributed by atoms with Gasteiger partial charge in [0.15, 0.2) is 0 Å². The molecule has 0 N–H and O–H groups in total. The molecule has 1 aliphatic heterocycles. The Bertz CT molecular complexity index is 1270. The van der Waals surface area contributed by atoms with Crippen LogP contribution in [0.3, 0.4) is 0 Å². The number of pyridine rings is 1. The van der Waals surface area contributed by atoms with E-state index in [2.05, 4.69) is 22.1 Å². The lowest BCUT2D eigenvalue weighted by Gasteiger charge is -2.33. The van der Waals surface area contributed by atoms with Crippen molar-refractivity contribution >= 4 is 5.91 Å². The van der Waals surface area contributed by atoms with Crippen LogP contribution in [0.5, 0.6) is 5.75 Å². The first-order chi connectivity index (χ1) is 17.2. The first kappa shape index (κ1) is 22.8. The molecule has 4 aromatic rings. The Kier molecular flexibility index (Phi) is 6.89. The highest BCUT2D eigenvalue weighted by atomic mass is 16.5. The van der Waals surface area contributed by atoms with E-state index in [1.807, 2.05) is 59.5 Å². The summed E-state index contributed by atoms with van der Waals surface area (Å²) in [6, 6.07) is 21.8. The van der Waals surface area contributed by atoms with E-state index in [0.29, 0.717) is 24.4 Å². The number of hydrogen-bond acceptors (Lipinski definition) is 5. The summed E-state index contributed by atoms with van der Waals surface area (Å²) in [6.07, 6.45) is 7.67. The van der Waals surface area contributed by atoms with Gasteiger partial charge < -0.3 is 14.1 Å². The Balaban J connectivity index is 1.29. The van der Waals surface area contributed by atoms with Crippen molar-refractivity contribution in [1.29, 1.82) is 0 Å². The van der Waals surface area contributed by atoms with Crippen LogP contribution in [-0.2, 0) is 12.8 Å². The van der Waals surface area contributed by atoms with Crippen molar-refractivity contribution in [2.45, 2.75) is 38.1 Å². The van der Waals surface area contributed by atoms with Gasteiger partial charge in [-0.2, -0.15) is 0 Å². The second kappa shape index (κ2) is 10.6. The first-order valence-corrected chi connectivity index (χ1v) is 12.1. The summed E-state index contributed by atoms with van der Waals surface area (Å²) < 4.78 is 11.5. The summed E-state index contributed by atoms with van der Waals surface area (Å²) in [5.41, 5.74) is 3.82. The van der Waals surface area contributed by atoms with Crippen LogP contribution >= 0.6 is 0 Å². The van der Waals surface area contributed by atoms with Crippen LogP contribution in [0.1, 0.15) is 64.1 Å². The molecule has 1 amide bonds. The van der Waals surface area contributed by atoms with Crippen LogP contribution in [0.25, 0.3) is 0 Å². The van der Waals surface area contributed by atoms with E-state index in [-0.39, 0.29) is 11.9 Å². The zero-order chi connectivity index (χ0) is 24.0. The Morgan fingerprint density at radius 1 is 0.971 bits per heavy atom. The van der Waals surface area contributed by atoms with E-state index in [9.17, 15) is 4.79 Å². The van der Waals surface area contributed by atoms with Crippen LogP contribution in [0.15, 0.2) is 83.5 Å². The van der Waals surface area contributed by atoms with Crippen molar-refractivity contribution in [2.24, 2.45) is 0 Å². The molecule has 1 saturated heterocycles. The molecular formula is C29H29N3O3. The number of nitrogens with zero attached hydrogens (tertiary/aromatic N) is 3. The van der Waals surface area contributed by atoms with Gasteiger partial charge in [0.1, 0.15) is 17.6 Å². The molecule has 1 atom stereocenters. The summed E-state index contributed by atoms with van der Waals surface area (Å²) in [5, 5.41) is 0. The number of oxazole rings is 1. The van der Waals surface area contributed by atoms with Gasteiger partial charge in [-0.1, -0.05) is 42.5 Å². The van der Waals surface area contributed by atoms with Crippen LogP contribution in [0.4, 0.5) is 0 Å². The Morgan fingerprint density at radius 3 is 2.63 bits per heavy atom. The van der Waals surface area contributed by atoms with Crippen molar-refractivity contribution in [1.82, 2.24) is 14.9 Å².